The number of aromatic amines is 1. The lowest BCUT2D eigenvalue weighted by Crippen LogP contribution is -2.20. The highest BCUT2D eigenvalue weighted by Gasteiger charge is 2.24. The van der Waals surface area contributed by atoms with Crippen LogP contribution in [0.25, 0.3) is 33.2 Å². The summed E-state index contributed by atoms with van der Waals surface area (Å²) in [6, 6.07) is 14.5. The number of rotatable bonds is 4. The van der Waals surface area contributed by atoms with E-state index in [1.54, 1.807) is 24.3 Å². The maximum Gasteiger partial charge on any atom is 0.344 e. The fourth-order valence-corrected chi connectivity index (χ4v) is 3.21. The number of methoxy groups -OCH3 is 1. The van der Waals surface area contributed by atoms with E-state index in [0.29, 0.717) is 40.2 Å². The Morgan fingerprint density at radius 3 is 2.56 bits per heavy atom. The Morgan fingerprint density at radius 2 is 1.85 bits per heavy atom. The molecule has 0 amide bonds. The lowest BCUT2D eigenvalue weighted by atomic mass is 9.99. The van der Waals surface area contributed by atoms with Gasteiger partial charge in [-0.1, -0.05) is 24.3 Å². The van der Waals surface area contributed by atoms with Gasteiger partial charge in [0.2, 0.25) is 0 Å². The van der Waals surface area contributed by atoms with E-state index in [2.05, 4.69) is 4.98 Å². The van der Waals surface area contributed by atoms with Crippen LogP contribution >= 0.6 is 0 Å². The molecule has 1 N–H and O–H groups in total. The first-order chi connectivity index (χ1) is 13.1. The van der Waals surface area contributed by atoms with E-state index in [1.807, 2.05) is 31.2 Å². The molecular formula is C21H17NO5. The van der Waals surface area contributed by atoms with Gasteiger partial charge in [0.15, 0.2) is 5.58 Å². The number of aromatic nitrogens is 1. The van der Waals surface area contributed by atoms with Gasteiger partial charge in [-0.25, -0.2) is 4.79 Å². The molecule has 0 unspecified atom stereocenters. The summed E-state index contributed by atoms with van der Waals surface area (Å²) in [6.45, 7) is 2.45. The quantitative estimate of drug-likeness (QED) is 0.552. The van der Waals surface area contributed by atoms with Gasteiger partial charge in [0, 0.05) is 10.9 Å². The lowest BCUT2D eigenvalue weighted by Gasteiger charge is -2.09. The summed E-state index contributed by atoms with van der Waals surface area (Å²) in [5.41, 5.74) is 2.05. The number of hydrogen-bond donors (Lipinski definition) is 1. The zero-order valence-corrected chi connectivity index (χ0v) is 14.9. The highest BCUT2D eigenvalue weighted by molar-refractivity contribution is 6.12. The Hall–Kier alpha value is -3.54. The SMILES string of the molecule is CCOc1ccc(-c2c(C(=O)OC)c(=O)[nH]c3c2oc2ccccc23)cc1. The van der Waals surface area contributed by atoms with Crippen LogP contribution < -0.4 is 10.3 Å². The van der Waals surface area contributed by atoms with Crippen LogP contribution in [0.1, 0.15) is 17.3 Å². The summed E-state index contributed by atoms with van der Waals surface area (Å²) >= 11 is 0. The van der Waals surface area contributed by atoms with Gasteiger partial charge in [-0.05, 0) is 36.8 Å². The van der Waals surface area contributed by atoms with E-state index in [0.717, 1.165) is 5.39 Å². The number of fused-ring (bicyclic) bond motifs is 3. The lowest BCUT2D eigenvalue weighted by molar-refractivity contribution is 0.0599. The molecule has 0 saturated carbocycles. The molecule has 27 heavy (non-hydrogen) atoms. The maximum absolute atomic E-state index is 12.7. The molecule has 0 aliphatic carbocycles. The highest BCUT2D eigenvalue weighted by atomic mass is 16.5. The van der Waals surface area contributed by atoms with Crippen LogP contribution in [0.5, 0.6) is 5.75 Å². The molecule has 0 aliphatic heterocycles. The molecule has 0 fully saturated rings. The van der Waals surface area contributed by atoms with Crippen molar-refractivity contribution in [3.63, 3.8) is 0 Å². The van der Waals surface area contributed by atoms with Crippen LogP contribution in [0.4, 0.5) is 0 Å². The Kier molecular flexibility index (Phi) is 4.16. The molecule has 0 radical (unpaired) electrons. The Labute approximate surface area is 154 Å². The van der Waals surface area contributed by atoms with E-state index >= 15 is 0 Å². The number of esters is 1. The van der Waals surface area contributed by atoms with Gasteiger partial charge in [-0.15, -0.1) is 0 Å². The fourth-order valence-electron chi connectivity index (χ4n) is 3.21. The summed E-state index contributed by atoms with van der Waals surface area (Å²) in [7, 11) is 1.24. The normalized spacial score (nSPS) is 11.0. The van der Waals surface area contributed by atoms with Crippen molar-refractivity contribution in [1.82, 2.24) is 4.98 Å². The second-order valence-corrected chi connectivity index (χ2v) is 5.96. The number of para-hydroxylation sites is 1. The zero-order valence-electron chi connectivity index (χ0n) is 14.9. The van der Waals surface area contributed by atoms with Crippen molar-refractivity contribution in [3.8, 4) is 16.9 Å². The van der Waals surface area contributed by atoms with Crippen LogP contribution in [-0.2, 0) is 4.74 Å². The molecule has 0 aliphatic rings. The molecule has 136 valence electrons. The Bertz CT molecular complexity index is 1200. The summed E-state index contributed by atoms with van der Waals surface area (Å²) in [4.78, 5) is 27.8. The molecule has 6 nitrogen and oxygen atoms in total. The molecule has 2 heterocycles. The monoisotopic (exact) mass is 363 g/mol. The molecule has 2 aromatic heterocycles. The second-order valence-electron chi connectivity index (χ2n) is 5.96. The van der Waals surface area contributed by atoms with Crippen LogP contribution in [-0.4, -0.2) is 24.7 Å². The third-order valence-corrected chi connectivity index (χ3v) is 4.38. The first-order valence-electron chi connectivity index (χ1n) is 8.53. The number of carbonyl (C=O) groups excluding carboxylic acids is 1. The number of hydrogen-bond acceptors (Lipinski definition) is 5. The molecule has 6 heteroatoms. The van der Waals surface area contributed by atoms with Gasteiger partial charge in [-0.3, -0.25) is 4.79 Å². The average Bonchev–Trinajstić information content (AvgIpc) is 3.05. The topological polar surface area (TPSA) is 81.5 Å². The molecular weight excluding hydrogens is 346 g/mol. The number of carbonyl (C=O) groups is 1. The van der Waals surface area contributed by atoms with E-state index < -0.39 is 11.5 Å². The number of benzene rings is 2. The van der Waals surface area contributed by atoms with Gasteiger partial charge < -0.3 is 18.9 Å². The van der Waals surface area contributed by atoms with E-state index in [1.165, 1.54) is 7.11 Å². The Balaban J connectivity index is 2.08. The summed E-state index contributed by atoms with van der Waals surface area (Å²) in [5.74, 6) is -0.0194. The van der Waals surface area contributed by atoms with Crippen molar-refractivity contribution in [3.05, 3.63) is 64.4 Å². The molecule has 0 spiro atoms. The third kappa shape index (κ3) is 2.75. The predicted molar refractivity (Wildman–Crippen MR) is 102 cm³/mol. The summed E-state index contributed by atoms with van der Waals surface area (Å²) in [6.07, 6.45) is 0. The van der Waals surface area contributed by atoms with Gasteiger partial charge in [0.1, 0.15) is 16.9 Å². The van der Waals surface area contributed by atoms with E-state index in [-0.39, 0.29) is 5.56 Å². The third-order valence-electron chi connectivity index (χ3n) is 4.38. The molecule has 4 rings (SSSR count). The number of nitrogens with one attached hydrogen (secondary N) is 1. The van der Waals surface area contributed by atoms with Crippen molar-refractivity contribution < 1.29 is 18.7 Å². The van der Waals surface area contributed by atoms with Gasteiger partial charge in [-0.2, -0.15) is 0 Å². The van der Waals surface area contributed by atoms with Crippen LogP contribution in [0.3, 0.4) is 0 Å². The Morgan fingerprint density at radius 1 is 1.11 bits per heavy atom. The van der Waals surface area contributed by atoms with Crippen molar-refractivity contribution in [2.24, 2.45) is 0 Å². The van der Waals surface area contributed by atoms with E-state index in [4.69, 9.17) is 13.9 Å². The summed E-state index contributed by atoms with van der Waals surface area (Å²) in [5, 5.41) is 0.771. The summed E-state index contributed by atoms with van der Waals surface area (Å²) < 4.78 is 16.3. The maximum atomic E-state index is 12.7. The number of furan rings is 1. The smallest absolute Gasteiger partial charge is 0.344 e. The van der Waals surface area contributed by atoms with Crippen LogP contribution in [0.2, 0.25) is 0 Å². The molecule has 4 aromatic rings. The second kappa shape index (κ2) is 6.64. The number of ether oxygens (including phenoxy) is 2. The van der Waals surface area contributed by atoms with Crippen molar-refractivity contribution in [2.75, 3.05) is 13.7 Å². The van der Waals surface area contributed by atoms with E-state index in [9.17, 15) is 9.59 Å². The largest absolute Gasteiger partial charge is 0.494 e. The van der Waals surface area contributed by atoms with Crippen molar-refractivity contribution in [1.29, 1.82) is 0 Å². The van der Waals surface area contributed by atoms with Crippen molar-refractivity contribution in [2.45, 2.75) is 6.92 Å². The molecule has 0 saturated heterocycles. The first-order valence-corrected chi connectivity index (χ1v) is 8.53. The highest BCUT2D eigenvalue weighted by Crippen LogP contribution is 2.36. The standard InChI is InChI=1S/C21H17NO5/c1-3-26-13-10-8-12(9-11-13)16-17(21(24)25-2)20(23)22-18-14-6-4-5-7-15(14)27-19(16)18/h4-11H,3H2,1-2H3,(H,22,23). The molecule has 2 aromatic carbocycles. The average molecular weight is 363 g/mol. The first kappa shape index (κ1) is 16.9. The van der Waals surface area contributed by atoms with Crippen LogP contribution in [0, 0.1) is 0 Å². The fraction of sp³-hybridized carbons (Fsp3) is 0.143. The van der Waals surface area contributed by atoms with Gasteiger partial charge in [0.25, 0.3) is 5.56 Å². The van der Waals surface area contributed by atoms with Gasteiger partial charge >= 0.3 is 5.97 Å². The molecule has 0 bridgehead atoms. The predicted octanol–water partition coefficient (Wildman–Crippen LogP) is 4.13. The van der Waals surface area contributed by atoms with Crippen LogP contribution in [0.15, 0.2) is 57.7 Å². The van der Waals surface area contributed by atoms with Crippen molar-refractivity contribution >= 4 is 28.0 Å². The van der Waals surface area contributed by atoms with Gasteiger partial charge in [0.05, 0.1) is 19.2 Å². The minimum atomic E-state index is -0.720. The molecule has 0 atom stereocenters. The minimum Gasteiger partial charge on any atom is -0.494 e. The minimum absolute atomic E-state index is 0.0896. The zero-order chi connectivity index (χ0) is 19.0. The number of pyridine rings is 1. The number of H-pyrrole nitrogens is 1.